The Morgan fingerprint density at radius 2 is 1.83 bits per heavy atom. The number of nitrogens with one attached hydrogen (secondary N) is 2. The van der Waals surface area contributed by atoms with Crippen molar-refractivity contribution in [3.63, 3.8) is 0 Å². The molecular formula is C21H29N3O5S. The Balaban J connectivity index is 1.62. The van der Waals surface area contributed by atoms with Crippen molar-refractivity contribution >= 4 is 27.5 Å². The number of rotatable bonds is 6. The maximum Gasteiger partial charge on any atom is 0.243 e. The first-order chi connectivity index (χ1) is 14.3. The molecule has 2 heterocycles. The van der Waals surface area contributed by atoms with Crippen molar-refractivity contribution in [2.45, 2.75) is 49.6 Å². The first-order valence-electron chi connectivity index (χ1n) is 10.2. The molecule has 3 rings (SSSR count). The van der Waals surface area contributed by atoms with Crippen LogP contribution in [0.5, 0.6) is 0 Å². The zero-order valence-corrected chi connectivity index (χ0v) is 18.0. The second-order valence-corrected chi connectivity index (χ2v) is 9.69. The van der Waals surface area contributed by atoms with Gasteiger partial charge in [0.1, 0.15) is 0 Å². The summed E-state index contributed by atoms with van der Waals surface area (Å²) in [5.41, 5.74) is 0.573. The summed E-state index contributed by atoms with van der Waals surface area (Å²) in [7, 11) is -3.66. The van der Waals surface area contributed by atoms with Gasteiger partial charge in [-0.3, -0.25) is 9.59 Å². The van der Waals surface area contributed by atoms with Crippen molar-refractivity contribution in [2.75, 3.05) is 25.1 Å². The molecule has 2 fully saturated rings. The predicted octanol–water partition coefficient (Wildman–Crippen LogP) is 1.90. The largest absolute Gasteiger partial charge is 0.381 e. The van der Waals surface area contributed by atoms with Crippen molar-refractivity contribution in [1.82, 2.24) is 9.62 Å². The average molecular weight is 436 g/mol. The fourth-order valence-corrected chi connectivity index (χ4v) is 5.61. The molecule has 0 saturated carbocycles. The molecule has 30 heavy (non-hydrogen) atoms. The lowest BCUT2D eigenvalue weighted by Crippen LogP contribution is -2.50. The Labute approximate surface area is 177 Å². The molecule has 0 bridgehead atoms. The van der Waals surface area contributed by atoms with Crippen LogP contribution in [0.4, 0.5) is 5.69 Å². The summed E-state index contributed by atoms with van der Waals surface area (Å²) < 4.78 is 32.9. The lowest BCUT2D eigenvalue weighted by atomic mass is 9.99. The molecule has 2 N–H and O–H groups in total. The first-order valence-corrected chi connectivity index (χ1v) is 11.7. The highest BCUT2D eigenvalue weighted by atomic mass is 32.2. The van der Waals surface area contributed by atoms with Gasteiger partial charge in [0.25, 0.3) is 0 Å². The van der Waals surface area contributed by atoms with E-state index in [1.807, 2.05) is 6.92 Å². The van der Waals surface area contributed by atoms with Crippen molar-refractivity contribution < 1.29 is 22.7 Å². The molecule has 0 spiro atoms. The summed E-state index contributed by atoms with van der Waals surface area (Å²) in [6.07, 6.45) is 3.69. The molecule has 9 heteroatoms. The molecule has 1 aromatic rings. The maximum absolute atomic E-state index is 13.1. The Bertz CT molecular complexity index is 878. The molecule has 2 amide bonds. The van der Waals surface area contributed by atoms with E-state index >= 15 is 0 Å². The highest BCUT2D eigenvalue weighted by Gasteiger charge is 2.34. The molecule has 0 aromatic heterocycles. The SMILES string of the molecule is C=CC(=O)NC1CCN(S(=O)(=O)c2ccc(NC(=O)C3CCOCC3)cc2)C(C)C1. The molecule has 1 aromatic carbocycles. The Hall–Kier alpha value is -2.23. The van der Waals surface area contributed by atoms with E-state index in [4.69, 9.17) is 4.74 Å². The van der Waals surface area contributed by atoms with E-state index in [0.29, 0.717) is 51.1 Å². The monoisotopic (exact) mass is 435 g/mol. The third-order valence-electron chi connectivity index (χ3n) is 5.67. The first kappa shape index (κ1) is 22.5. The topological polar surface area (TPSA) is 105 Å². The second kappa shape index (κ2) is 9.72. The molecule has 2 unspecified atom stereocenters. The van der Waals surface area contributed by atoms with Gasteiger partial charge >= 0.3 is 0 Å². The van der Waals surface area contributed by atoms with E-state index in [1.165, 1.54) is 22.5 Å². The number of benzene rings is 1. The van der Waals surface area contributed by atoms with Crippen LogP contribution in [0.3, 0.4) is 0 Å². The molecule has 0 radical (unpaired) electrons. The quantitative estimate of drug-likeness (QED) is 0.664. The van der Waals surface area contributed by atoms with Crippen LogP contribution in [0.1, 0.15) is 32.6 Å². The minimum Gasteiger partial charge on any atom is -0.381 e. The van der Waals surface area contributed by atoms with Gasteiger partial charge in [0.15, 0.2) is 0 Å². The Morgan fingerprint density at radius 1 is 1.17 bits per heavy atom. The number of sulfonamides is 1. The molecule has 8 nitrogen and oxygen atoms in total. The number of nitrogens with zero attached hydrogens (tertiary/aromatic N) is 1. The molecule has 0 aliphatic carbocycles. The Kier molecular flexibility index (Phi) is 7.27. The minimum absolute atomic E-state index is 0.0637. The number of carbonyl (C=O) groups excluding carboxylic acids is 2. The molecule has 2 saturated heterocycles. The van der Waals surface area contributed by atoms with Crippen LogP contribution >= 0.6 is 0 Å². The number of anilines is 1. The van der Waals surface area contributed by atoms with Crippen LogP contribution in [0.2, 0.25) is 0 Å². The smallest absolute Gasteiger partial charge is 0.243 e. The number of ether oxygens (including phenoxy) is 1. The highest BCUT2D eigenvalue weighted by Crippen LogP contribution is 2.26. The maximum atomic E-state index is 13.1. The van der Waals surface area contributed by atoms with E-state index in [0.717, 1.165) is 0 Å². The summed E-state index contributed by atoms with van der Waals surface area (Å²) in [4.78, 5) is 24.0. The highest BCUT2D eigenvalue weighted by molar-refractivity contribution is 7.89. The zero-order chi connectivity index (χ0) is 21.7. The third kappa shape index (κ3) is 5.27. The number of carbonyl (C=O) groups is 2. The summed E-state index contributed by atoms with van der Waals surface area (Å²) in [5, 5.41) is 5.69. The van der Waals surface area contributed by atoms with Crippen molar-refractivity contribution in [1.29, 1.82) is 0 Å². The van der Waals surface area contributed by atoms with Gasteiger partial charge in [-0.15, -0.1) is 0 Å². The average Bonchev–Trinajstić information content (AvgIpc) is 2.74. The van der Waals surface area contributed by atoms with Crippen LogP contribution in [0.25, 0.3) is 0 Å². The fraction of sp³-hybridized carbons (Fsp3) is 0.524. The lowest BCUT2D eigenvalue weighted by Gasteiger charge is -2.36. The molecule has 2 aliphatic rings. The van der Waals surface area contributed by atoms with E-state index in [-0.39, 0.29) is 34.7 Å². The van der Waals surface area contributed by atoms with Gasteiger partial charge < -0.3 is 15.4 Å². The van der Waals surface area contributed by atoms with E-state index < -0.39 is 10.0 Å². The van der Waals surface area contributed by atoms with Crippen LogP contribution in [-0.2, 0) is 24.3 Å². The molecule has 2 atom stereocenters. The van der Waals surface area contributed by atoms with Crippen molar-refractivity contribution in [3.8, 4) is 0 Å². The van der Waals surface area contributed by atoms with Crippen molar-refractivity contribution in [3.05, 3.63) is 36.9 Å². The second-order valence-electron chi connectivity index (χ2n) is 7.80. The normalized spacial score (nSPS) is 23.5. The molecule has 164 valence electrons. The van der Waals surface area contributed by atoms with E-state index in [9.17, 15) is 18.0 Å². The van der Waals surface area contributed by atoms with Gasteiger partial charge in [-0.05, 0) is 62.9 Å². The zero-order valence-electron chi connectivity index (χ0n) is 17.2. The minimum atomic E-state index is -3.66. The Morgan fingerprint density at radius 3 is 2.43 bits per heavy atom. The van der Waals surface area contributed by atoms with Crippen LogP contribution in [-0.4, -0.2) is 56.4 Å². The standard InChI is InChI=1S/C21H29N3O5S/c1-3-20(25)22-18-8-11-24(15(2)14-18)30(27,28)19-6-4-17(5-7-19)23-21(26)16-9-12-29-13-10-16/h3-7,15-16,18H,1,8-14H2,2H3,(H,22,25)(H,23,26). The summed E-state index contributed by atoms with van der Waals surface area (Å²) in [6.45, 7) is 6.78. The van der Waals surface area contributed by atoms with Crippen LogP contribution < -0.4 is 10.6 Å². The summed E-state index contributed by atoms with van der Waals surface area (Å²) in [6, 6.07) is 5.96. The number of hydrogen-bond acceptors (Lipinski definition) is 5. The van der Waals surface area contributed by atoms with Crippen molar-refractivity contribution in [2.24, 2.45) is 5.92 Å². The number of hydrogen-bond donors (Lipinski definition) is 2. The fourth-order valence-electron chi connectivity index (χ4n) is 3.95. The number of amides is 2. The summed E-state index contributed by atoms with van der Waals surface area (Å²) >= 11 is 0. The van der Waals surface area contributed by atoms with Gasteiger partial charge in [0.05, 0.1) is 4.90 Å². The lowest BCUT2D eigenvalue weighted by molar-refractivity contribution is -0.122. The summed E-state index contributed by atoms with van der Waals surface area (Å²) in [5.74, 6) is -0.390. The van der Waals surface area contributed by atoms with Crippen LogP contribution in [0, 0.1) is 5.92 Å². The molecule has 2 aliphatic heterocycles. The van der Waals surface area contributed by atoms with E-state index in [1.54, 1.807) is 12.1 Å². The van der Waals surface area contributed by atoms with Gasteiger partial charge in [-0.1, -0.05) is 6.58 Å². The predicted molar refractivity (Wildman–Crippen MR) is 113 cm³/mol. The number of piperidine rings is 1. The van der Waals surface area contributed by atoms with Crippen LogP contribution in [0.15, 0.2) is 41.8 Å². The van der Waals surface area contributed by atoms with Gasteiger partial charge in [-0.25, -0.2) is 8.42 Å². The van der Waals surface area contributed by atoms with E-state index in [2.05, 4.69) is 17.2 Å². The molecular weight excluding hydrogens is 406 g/mol. The van der Waals surface area contributed by atoms with Gasteiger partial charge in [0.2, 0.25) is 21.8 Å². The van der Waals surface area contributed by atoms with Gasteiger partial charge in [-0.2, -0.15) is 4.31 Å². The van der Waals surface area contributed by atoms with Gasteiger partial charge in [0, 0.05) is 43.4 Å². The third-order valence-corrected chi connectivity index (χ3v) is 7.70.